The minimum absolute atomic E-state index is 0.00946. The predicted octanol–water partition coefficient (Wildman–Crippen LogP) is -0.289. The zero-order chi connectivity index (χ0) is 18.8. The first-order valence-corrected chi connectivity index (χ1v) is 9.63. The highest BCUT2D eigenvalue weighted by atomic mass is 16.5. The summed E-state index contributed by atoms with van der Waals surface area (Å²) < 4.78 is 10.9. The second-order valence-electron chi connectivity index (χ2n) is 7.27. The van der Waals surface area contributed by atoms with Crippen LogP contribution in [0.4, 0.5) is 0 Å². The van der Waals surface area contributed by atoms with Crippen LogP contribution >= 0.6 is 0 Å². The largest absolute Gasteiger partial charge is 0.381 e. The van der Waals surface area contributed by atoms with Crippen LogP contribution in [0.15, 0.2) is 4.99 Å². The molecule has 1 unspecified atom stereocenters. The second-order valence-corrected chi connectivity index (χ2v) is 7.27. The molecule has 0 bridgehead atoms. The molecule has 0 aromatic carbocycles. The molecule has 8 nitrogen and oxygen atoms in total. The lowest BCUT2D eigenvalue weighted by atomic mass is 10.1. The number of likely N-dealkylation sites (N-methyl/N-ethyl adjacent to an activating group) is 1. The molecule has 8 heteroatoms. The molecular weight excluding hydrogens is 334 g/mol. The molecule has 0 spiro atoms. The number of nitrogens with zero attached hydrogens (tertiary/aromatic N) is 4. The first-order valence-electron chi connectivity index (χ1n) is 9.63. The number of guanidine groups is 1. The van der Waals surface area contributed by atoms with Crippen molar-refractivity contribution < 1.29 is 14.3 Å². The average molecular weight is 370 g/mol. The van der Waals surface area contributed by atoms with Crippen LogP contribution in [-0.4, -0.2) is 113 Å². The molecule has 26 heavy (non-hydrogen) atoms. The Balaban J connectivity index is 1.80. The minimum atomic E-state index is 0.00946. The lowest BCUT2D eigenvalue weighted by Gasteiger charge is -2.27. The molecular formula is C18H35N5O3. The van der Waals surface area contributed by atoms with E-state index in [1.807, 2.05) is 7.05 Å². The van der Waals surface area contributed by atoms with Crippen LogP contribution < -0.4 is 5.32 Å². The molecule has 2 fully saturated rings. The minimum Gasteiger partial charge on any atom is -0.381 e. The number of aliphatic imine (C=N–C) groups is 1. The maximum atomic E-state index is 11.9. The van der Waals surface area contributed by atoms with Crippen molar-refractivity contribution in [1.29, 1.82) is 0 Å². The molecule has 2 aliphatic heterocycles. The fourth-order valence-electron chi connectivity index (χ4n) is 3.12. The summed E-state index contributed by atoms with van der Waals surface area (Å²) in [5, 5.41) is 3.43. The first-order chi connectivity index (χ1) is 12.6. The molecule has 2 heterocycles. The van der Waals surface area contributed by atoms with Gasteiger partial charge in [-0.3, -0.25) is 9.69 Å². The van der Waals surface area contributed by atoms with Crippen LogP contribution in [0.3, 0.4) is 0 Å². The monoisotopic (exact) mass is 369 g/mol. The van der Waals surface area contributed by atoms with Crippen molar-refractivity contribution in [3.8, 4) is 0 Å². The van der Waals surface area contributed by atoms with E-state index in [1.165, 1.54) is 0 Å². The molecule has 0 radical (unpaired) electrons. The van der Waals surface area contributed by atoms with Gasteiger partial charge in [0.1, 0.15) is 6.54 Å². The van der Waals surface area contributed by atoms with Gasteiger partial charge in [0.2, 0.25) is 5.91 Å². The number of nitrogens with one attached hydrogen (secondary N) is 1. The highest BCUT2D eigenvalue weighted by molar-refractivity contribution is 5.84. The molecule has 2 rings (SSSR count). The fourth-order valence-corrected chi connectivity index (χ4v) is 3.12. The van der Waals surface area contributed by atoms with E-state index in [0.717, 1.165) is 78.0 Å². The van der Waals surface area contributed by atoms with E-state index in [1.54, 1.807) is 19.0 Å². The lowest BCUT2D eigenvalue weighted by molar-refractivity contribution is -0.127. The van der Waals surface area contributed by atoms with Gasteiger partial charge in [-0.05, 0) is 19.4 Å². The van der Waals surface area contributed by atoms with Gasteiger partial charge in [0.25, 0.3) is 0 Å². The smallest absolute Gasteiger partial charge is 0.243 e. The maximum Gasteiger partial charge on any atom is 0.243 e. The van der Waals surface area contributed by atoms with Gasteiger partial charge in [-0.1, -0.05) is 0 Å². The maximum absolute atomic E-state index is 11.9. The number of hydrogen-bond acceptors (Lipinski definition) is 5. The van der Waals surface area contributed by atoms with Gasteiger partial charge in [-0.2, -0.15) is 0 Å². The molecule has 1 amide bonds. The number of hydrogen-bond donors (Lipinski definition) is 1. The third kappa shape index (κ3) is 7.47. The third-order valence-electron chi connectivity index (χ3n) is 4.82. The second kappa shape index (κ2) is 11.4. The Hall–Kier alpha value is -1.38. The molecule has 0 saturated carbocycles. The summed E-state index contributed by atoms with van der Waals surface area (Å²) in [7, 11) is 5.55. The van der Waals surface area contributed by atoms with E-state index in [2.05, 4.69) is 20.1 Å². The molecule has 0 aromatic rings. The number of amides is 1. The normalized spacial score (nSPS) is 21.7. The van der Waals surface area contributed by atoms with Crippen molar-refractivity contribution in [2.24, 2.45) is 10.9 Å². The number of carbonyl (C=O) groups is 1. The quantitative estimate of drug-likeness (QED) is 0.360. The molecule has 0 aromatic heterocycles. The molecule has 2 aliphatic rings. The van der Waals surface area contributed by atoms with Gasteiger partial charge in [0.05, 0.1) is 19.8 Å². The summed E-state index contributed by atoms with van der Waals surface area (Å²) in [6.07, 6.45) is 2.13. The van der Waals surface area contributed by atoms with E-state index in [0.29, 0.717) is 5.92 Å². The summed E-state index contributed by atoms with van der Waals surface area (Å²) in [6, 6.07) is 0. The fraction of sp³-hybridized carbons (Fsp3) is 0.889. The topological polar surface area (TPSA) is 69.6 Å². The lowest BCUT2D eigenvalue weighted by Crippen LogP contribution is -2.43. The highest BCUT2D eigenvalue weighted by Crippen LogP contribution is 2.13. The molecule has 0 aliphatic carbocycles. The van der Waals surface area contributed by atoms with E-state index < -0.39 is 0 Å². The Morgan fingerprint density at radius 3 is 2.62 bits per heavy atom. The molecule has 150 valence electrons. The summed E-state index contributed by atoms with van der Waals surface area (Å²) in [5.74, 6) is 1.34. The van der Waals surface area contributed by atoms with Gasteiger partial charge in [-0.25, -0.2) is 4.99 Å². The molecule has 1 atom stereocenters. The standard InChI is InChI=1S/C18H35N5O3/c1-21(2)17(24)13-20-18(22(3)14-16-5-10-26-15-16)19-6-4-7-23-8-11-25-12-9-23/h16H,4-15H2,1-3H3,(H,19,20). The Kier molecular flexibility index (Phi) is 9.14. The van der Waals surface area contributed by atoms with Gasteiger partial charge in [-0.15, -0.1) is 0 Å². The Morgan fingerprint density at radius 1 is 1.19 bits per heavy atom. The van der Waals surface area contributed by atoms with E-state index in [-0.39, 0.29) is 12.5 Å². The Morgan fingerprint density at radius 2 is 1.96 bits per heavy atom. The summed E-state index contributed by atoms with van der Waals surface area (Å²) in [6.45, 7) is 8.31. The van der Waals surface area contributed by atoms with Crippen molar-refractivity contribution >= 4 is 11.9 Å². The van der Waals surface area contributed by atoms with Crippen LogP contribution in [0.5, 0.6) is 0 Å². The van der Waals surface area contributed by atoms with Gasteiger partial charge < -0.3 is 24.6 Å². The van der Waals surface area contributed by atoms with Crippen LogP contribution in [0.1, 0.15) is 12.8 Å². The van der Waals surface area contributed by atoms with E-state index in [9.17, 15) is 4.79 Å². The average Bonchev–Trinajstić information content (AvgIpc) is 3.14. The van der Waals surface area contributed by atoms with Crippen molar-refractivity contribution in [3.63, 3.8) is 0 Å². The van der Waals surface area contributed by atoms with E-state index >= 15 is 0 Å². The number of morpholine rings is 1. The van der Waals surface area contributed by atoms with Crippen LogP contribution in [0.2, 0.25) is 0 Å². The van der Waals surface area contributed by atoms with E-state index in [4.69, 9.17) is 9.47 Å². The summed E-state index contributed by atoms with van der Waals surface area (Å²) in [4.78, 5) is 22.5. The van der Waals surface area contributed by atoms with Gasteiger partial charge in [0, 0.05) is 59.8 Å². The number of ether oxygens (including phenoxy) is 2. The third-order valence-corrected chi connectivity index (χ3v) is 4.82. The van der Waals surface area contributed by atoms with Crippen molar-refractivity contribution in [3.05, 3.63) is 0 Å². The van der Waals surface area contributed by atoms with Gasteiger partial charge >= 0.3 is 0 Å². The SMILES string of the molecule is CN(C)C(=O)CN=C(NCCCN1CCOCC1)N(C)CC1CCOC1. The van der Waals surface area contributed by atoms with Crippen molar-refractivity contribution in [2.75, 3.05) is 86.8 Å². The van der Waals surface area contributed by atoms with Crippen molar-refractivity contribution in [2.45, 2.75) is 12.8 Å². The zero-order valence-electron chi connectivity index (χ0n) is 16.6. The Labute approximate surface area is 157 Å². The summed E-state index contributed by atoms with van der Waals surface area (Å²) >= 11 is 0. The predicted molar refractivity (Wildman–Crippen MR) is 102 cm³/mol. The van der Waals surface area contributed by atoms with Crippen LogP contribution in [0, 0.1) is 5.92 Å². The summed E-state index contributed by atoms with van der Waals surface area (Å²) in [5.41, 5.74) is 0. The van der Waals surface area contributed by atoms with Crippen LogP contribution in [0.25, 0.3) is 0 Å². The van der Waals surface area contributed by atoms with Gasteiger partial charge in [0.15, 0.2) is 5.96 Å². The number of rotatable bonds is 8. The van der Waals surface area contributed by atoms with Crippen LogP contribution in [-0.2, 0) is 14.3 Å². The zero-order valence-corrected chi connectivity index (χ0v) is 16.6. The first kappa shape index (κ1) is 20.9. The van der Waals surface area contributed by atoms with Crippen molar-refractivity contribution in [1.82, 2.24) is 20.0 Å². The highest BCUT2D eigenvalue weighted by Gasteiger charge is 2.19. The number of carbonyl (C=O) groups excluding carboxylic acids is 1. The molecule has 1 N–H and O–H groups in total. The Bertz CT molecular complexity index is 446. The molecule has 2 saturated heterocycles.